The highest BCUT2D eigenvalue weighted by atomic mass is 16.1. The second kappa shape index (κ2) is 3.41. The first-order valence-electron chi connectivity index (χ1n) is 5.48. The van der Waals surface area contributed by atoms with Crippen LogP contribution in [0, 0.1) is 5.92 Å². The number of carbonyl (C=O) groups is 1. The minimum Gasteiger partial charge on any atom is -0.298 e. The van der Waals surface area contributed by atoms with Gasteiger partial charge in [0, 0.05) is 12.5 Å². The molecule has 1 unspecified atom stereocenters. The van der Waals surface area contributed by atoms with Crippen LogP contribution in [-0.2, 0) is 4.79 Å². The topological polar surface area (TPSA) is 20.3 Å². The first-order chi connectivity index (χ1) is 6.20. The van der Waals surface area contributed by atoms with Crippen LogP contribution in [0.15, 0.2) is 0 Å². The van der Waals surface area contributed by atoms with Crippen LogP contribution in [0.5, 0.6) is 0 Å². The zero-order valence-corrected chi connectivity index (χ0v) is 8.62. The van der Waals surface area contributed by atoms with Crippen molar-refractivity contribution in [1.29, 1.82) is 0 Å². The number of hydrogen-bond acceptors (Lipinski definition) is 2. The number of ketones is 1. The Kier molecular flexibility index (Phi) is 2.41. The van der Waals surface area contributed by atoms with Gasteiger partial charge in [0.25, 0.3) is 0 Å². The van der Waals surface area contributed by atoms with E-state index in [9.17, 15) is 4.79 Å². The van der Waals surface area contributed by atoms with Gasteiger partial charge in [0.15, 0.2) is 0 Å². The third kappa shape index (κ3) is 1.78. The highest BCUT2D eigenvalue weighted by Crippen LogP contribution is 2.33. The molecule has 2 heteroatoms. The van der Waals surface area contributed by atoms with Crippen molar-refractivity contribution >= 4 is 5.78 Å². The van der Waals surface area contributed by atoms with Crippen LogP contribution in [0.25, 0.3) is 0 Å². The molecule has 1 heterocycles. The second-order valence-electron chi connectivity index (χ2n) is 4.73. The SMILES string of the molecule is CC(C)C1C(=O)CCCN1C1CC1. The highest BCUT2D eigenvalue weighted by molar-refractivity contribution is 5.85. The van der Waals surface area contributed by atoms with Crippen LogP contribution in [0.4, 0.5) is 0 Å². The summed E-state index contributed by atoms with van der Waals surface area (Å²) in [6.07, 6.45) is 4.53. The van der Waals surface area contributed by atoms with Crippen LogP contribution in [0.2, 0.25) is 0 Å². The lowest BCUT2D eigenvalue weighted by molar-refractivity contribution is -0.129. The number of carbonyl (C=O) groups excluding carboxylic acids is 1. The van der Waals surface area contributed by atoms with E-state index in [0.717, 1.165) is 25.4 Å². The maximum Gasteiger partial charge on any atom is 0.150 e. The van der Waals surface area contributed by atoms with E-state index in [4.69, 9.17) is 0 Å². The van der Waals surface area contributed by atoms with Gasteiger partial charge in [-0.2, -0.15) is 0 Å². The van der Waals surface area contributed by atoms with Gasteiger partial charge in [-0.15, -0.1) is 0 Å². The summed E-state index contributed by atoms with van der Waals surface area (Å²) in [5, 5.41) is 0. The first-order valence-corrected chi connectivity index (χ1v) is 5.48. The number of likely N-dealkylation sites (tertiary alicyclic amines) is 1. The highest BCUT2D eigenvalue weighted by Gasteiger charge is 2.40. The van der Waals surface area contributed by atoms with Crippen LogP contribution >= 0.6 is 0 Å². The Labute approximate surface area is 80.3 Å². The first kappa shape index (κ1) is 9.20. The number of hydrogen-bond donors (Lipinski definition) is 0. The summed E-state index contributed by atoms with van der Waals surface area (Å²) >= 11 is 0. The molecule has 0 aromatic carbocycles. The van der Waals surface area contributed by atoms with Gasteiger partial charge in [0.05, 0.1) is 6.04 Å². The van der Waals surface area contributed by atoms with Crippen molar-refractivity contribution in [1.82, 2.24) is 4.90 Å². The molecule has 2 nitrogen and oxygen atoms in total. The summed E-state index contributed by atoms with van der Waals surface area (Å²) in [6, 6.07) is 0.984. The fourth-order valence-electron chi connectivity index (χ4n) is 2.48. The molecule has 0 radical (unpaired) electrons. The van der Waals surface area contributed by atoms with Crippen molar-refractivity contribution in [2.24, 2.45) is 5.92 Å². The van der Waals surface area contributed by atoms with E-state index < -0.39 is 0 Å². The normalized spacial score (nSPS) is 31.3. The maximum atomic E-state index is 11.7. The molecule has 0 aromatic heterocycles. The predicted molar refractivity (Wildman–Crippen MR) is 52.6 cm³/mol. The minimum atomic E-state index is 0.237. The van der Waals surface area contributed by atoms with Crippen molar-refractivity contribution in [2.45, 2.75) is 51.6 Å². The molecule has 2 aliphatic rings. The summed E-state index contributed by atoms with van der Waals surface area (Å²) < 4.78 is 0. The second-order valence-corrected chi connectivity index (χ2v) is 4.73. The minimum absolute atomic E-state index is 0.237. The molecule has 1 saturated heterocycles. The van der Waals surface area contributed by atoms with Crippen molar-refractivity contribution in [3.63, 3.8) is 0 Å². The van der Waals surface area contributed by atoms with Gasteiger partial charge in [-0.3, -0.25) is 9.69 Å². The quantitative estimate of drug-likeness (QED) is 0.648. The van der Waals surface area contributed by atoms with Gasteiger partial charge in [-0.05, 0) is 31.7 Å². The van der Waals surface area contributed by atoms with E-state index in [-0.39, 0.29) is 6.04 Å². The standard InChI is InChI=1S/C11H19NO/c1-8(2)11-10(13)4-3-7-12(11)9-5-6-9/h8-9,11H,3-7H2,1-2H3. The number of Topliss-reactive ketones (excluding diaryl/α,β-unsaturated/α-hetero) is 1. The van der Waals surface area contributed by atoms with E-state index in [0.29, 0.717) is 11.7 Å². The fourth-order valence-corrected chi connectivity index (χ4v) is 2.48. The molecule has 1 atom stereocenters. The summed E-state index contributed by atoms with van der Waals surface area (Å²) in [4.78, 5) is 14.2. The molecular weight excluding hydrogens is 162 g/mol. The molecule has 0 spiro atoms. The molecule has 13 heavy (non-hydrogen) atoms. The predicted octanol–water partition coefficient (Wildman–Crippen LogP) is 1.84. The van der Waals surface area contributed by atoms with E-state index in [1.807, 2.05) is 0 Å². The zero-order chi connectivity index (χ0) is 9.42. The van der Waals surface area contributed by atoms with Gasteiger partial charge in [0.2, 0.25) is 0 Å². The van der Waals surface area contributed by atoms with Gasteiger partial charge in [-0.1, -0.05) is 13.8 Å². The third-order valence-corrected chi connectivity index (χ3v) is 3.17. The smallest absolute Gasteiger partial charge is 0.150 e. The van der Waals surface area contributed by atoms with Gasteiger partial charge in [0.1, 0.15) is 5.78 Å². The fraction of sp³-hybridized carbons (Fsp3) is 0.909. The van der Waals surface area contributed by atoms with Gasteiger partial charge < -0.3 is 0 Å². The van der Waals surface area contributed by atoms with Gasteiger partial charge >= 0.3 is 0 Å². The molecular formula is C11H19NO. The molecule has 1 aliphatic heterocycles. The molecule has 0 bridgehead atoms. The molecule has 2 rings (SSSR count). The Hall–Kier alpha value is -0.370. The Balaban J connectivity index is 2.08. The summed E-state index contributed by atoms with van der Waals surface area (Å²) in [6.45, 7) is 5.49. The Morgan fingerprint density at radius 3 is 2.62 bits per heavy atom. The molecule has 1 aliphatic carbocycles. The van der Waals surface area contributed by atoms with E-state index in [1.165, 1.54) is 12.8 Å². The van der Waals surface area contributed by atoms with Crippen molar-refractivity contribution in [3.8, 4) is 0 Å². The number of rotatable bonds is 2. The molecule has 74 valence electrons. The molecule has 0 N–H and O–H groups in total. The average molecular weight is 181 g/mol. The lowest BCUT2D eigenvalue weighted by Gasteiger charge is -2.37. The summed E-state index contributed by atoms with van der Waals surface area (Å²) in [7, 11) is 0. The zero-order valence-electron chi connectivity index (χ0n) is 8.62. The Morgan fingerprint density at radius 2 is 2.08 bits per heavy atom. The summed E-state index contributed by atoms with van der Waals surface area (Å²) in [5.41, 5.74) is 0. The van der Waals surface area contributed by atoms with Crippen molar-refractivity contribution < 1.29 is 4.79 Å². The molecule has 1 saturated carbocycles. The van der Waals surface area contributed by atoms with E-state index in [2.05, 4.69) is 18.7 Å². The lowest BCUT2D eigenvalue weighted by Crippen LogP contribution is -2.49. The van der Waals surface area contributed by atoms with E-state index >= 15 is 0 Å². The molecule has 2 fully saturated rings. The largest absolute Gasteiger partial charge is 0.298 e. The van der Waals surface area contributed by atoms with Crippen LogP contribution < -0.4 is 0 Å². The molecule has 0 amide bonds. The van der Waals surface area contributed by atoms with Gasteiger partial charge in [-0.25, -0.2) is 0 Å². The van der Waals surface area contributed by atoms with Crippen LogP contribution in [-0.4, -0.2) is 29.3 Å². The Morgan fingerprint density at radius 1 is 1.38 bits per heavy atom. The van der Waals surface area contributed by atoms with E-state index in [1.54, 1.807) is 0 Å². The summed E-state index contributed by atoms with van der Waals surface area (Å²) in [5.74, 6) is 0.974. The Bertz CT molecular complexity index is 208. The van der Waals surface area contributed by atoms with Crippen molar-refractivity contribution in [3.05, 3.63) is 0 Å². The lowest BCUT2D eigenvalue weighted by atomic mass is 9.91. The average Bonchev–Trinajstić information content (AvgIpc) is 2.85. The molecule has 0 aromatic rings. The monoisotopic (exact) mass is 181 g/mol. The third-order valence-electron chi connectivity index (χ3n) is 3.17. The number of nitrogens with zero attached hydrogens (tertiary/aromatic N) is 1. The maximum absolute atomic E-state index is 11.7. The van der Waals surface area contributed by atoms with Crippen molar-refractivity contribution in [2.75, 3.05) is 6.54 Å². The number of piperidine rings is 1. The van der Waals surface area contributed by atoms with Crippen LogP contribution in [0.1, 0.15) is 39.5 Å². The van der Waals surface area contributed by atoms with Crippen LogP contribution in [0.3, 0.4) is 0 Å².